The van der Waals surface area contributed by atoms with Crippen LogP contribution in [0.5, 0.6) is 0 Å². The lowest BCUT2D eigenvalue weighted by atomic mass is 9.99. The molecule has 0 aliphatic heterocycles. The van der Waals surface area contributed by atoms with Gasteiger partial charge in [0.15, 0.2) is 0 Å². The van der Waals surface area contributed by atoms with Gasteiger partial charge in [0.2, 0.25) is 0 Å². The van der Waals surface area contributed by atoms with Gasteiger partial charge in [-0.15, -0.1) is 0 Å². The summed E-state index contributed by atoms with van der Waals surface area (Å²) in [5, 5.41) is 0. The Bertz CT molecular complexity index is 454. The molecule has 0 atom stereocenters. The second-order valence-electron chi connectivity index (χ2n) is 3.79. The number of hydrogen-bond acceptors (Lipinski definition) is 2. The molecular formula is C12H11F5O2. The average molecular weight is 282 g/mol. The van der Waals surface area contributed by atoms with Crippen LogP contribution in [0.25, 0.3) is 0 Å². The number of hydrogen-bond donors (Lipinski definition) is 0. The number of alkyl halides is 5. The number of carbonyl (C=O) groups is 1. The van der Waals surface area contributed by atoms with Crippen LogP contribution in [0, 0.1) is 0 Å². The molecule has 0 spiro atoms. The third-order valence-electron chi connectivity index (χ3n) is 2.52. The van der Waals surface area contributed by atoms with Crippen LogP contribution in [0.2, 0.25) is 0 Å². The zero-order chi connectivity index (χ0) is 14.6. The molecule has 0 aromatic heterocycles. The minimum absolute atomic E-state index is 0.206. The van der Waals surface area contributed by atoms with Crippen molar-refractivity contribution in [3.63, 3.8) is 0 Å². The molecule has 1 rings (SSSR count). The molecular weight excluding hydrogens is 271 g/mol. The van der Waals surface area contributed by atoms with E-state index >= 15 is 0 Å². The molecule has 0 saturated heterocycles. The van der Waals surface area contributed by atoms with E-state index < -0.39 is 29.7 Å². The molecule has 1 aromatic rings. The van der Waals surface area contributed by atoms with Crippen molar-refractivity contribution in [1.82, 2.24) is 0 Å². The van der Waals surface area contributed by atoms with Crippen molar-refractivity contribution in [2.75, 3.05) is 7.11 Å². The maximum atomic E-state index is 12.7. The molecule has 1 aromatic carbocycles. The highest BCUT2D eigenvalue weighted by Crippen LogP contribution is 2.35. The van der Waals surface area contributed by atoms with Gasteiger partial charge in [-0.1, -0.05) is 12.1 Å². The smallest absolute Gasteiger partial charge is 0.416 e. The number of rotatable bonds is 4. The maximum Gasteiger partial charge on any atom is 0.416 e. The lowest BCUT2D eigenvalue weighted by molar-refractivity contribution is -0.142. The van der Waals surface area contributed by atoms with Crippen LogP contribution in [0.4, 0.5) is 22.0 Å². The Morgan fingerprint density at radius 3 is 2.42 bits per heavy atom. The molecule has 0 radical (unpaired) electrons. The van der Waals surface area contributed by atoms with E-state index in [-0.39, 0.29) is 18.4 Å². The number of methoxy groups -OCH3 is 1. The lowest BCUT2D eigenvalue weighted by Crippen LogP contribution is -2.12. The van der Waals surface area contributed by atoms with Gasteiger partial charge in [-0.05, 0) is 18.1 Å². The Balaban J connectivity index is 3.06. The van der Waals surface area contributed by atoms with Crippen molar-refractivity contribution >= 4 is 5.97 Å². The van der Waals surface area contributed by atoms with E-state index in [1.807, 2.05) is 0 Å². The standard InChI is InChI=1S/C12H11F5O2/c1-19-10(18)5-4-7-2-3-8(11(13)14)6-9(7)12(15,16)17/h2-3,6,11H,4-5H2,1H3. The van der Waals surface area contributed by atoms with Crippen molar-refractivity contribution in [1.29, 1.82) is 0 Å². The van der Waals surface area contributed by atoms with E-state index in [2.05, 4.69) is 4.74 Å². The van der Waals surface area contributed by atoms with Gasteiger partial charge in [0.25, 0.3) is 6.43 Å². The Labute approximate surface area is 106 Å². The van der Waals surface area contributed by atoms with E-state index in [1.54, 1.807) is 0 Å². The molecule has 0 fully saturated rings. The van der Waals surface area contributed by atoms with Crippen LogP contribution in [-0.4, -0.2) is 13.1 Å². The fourth-order valence-electron chi connectivity index (χ4n) is 1.55. The minimum Gasteiger partial charge on any atom is -0.469 e. The molecule has 0 aliphatic carbocycles. The topological polar surface area (TPSA) is 26.3 Å². The largest absolute Gasteiger partial charge is 0.469 e. The fourth-order valence-corrected chi connectivity index (χ4v) is 1.55. The second-order valence-corrected chi connectivity index (χ2v) is 3.79. The van der Waals surface area contributed by atoms with Gasteiger partial charge < -0.3 is 4.74 Å². The van der Waals surface area contributed by atoms with Gasteiger partial charge in [-0.25, -0.2) is 8.78 Å². The summed E-state index contributed by atoms with van der Waals surface area (Å²) in [6.07, 6.45) is -8.18. The molecule has 106 valence electrons. The summed E-state index contributed by atoms with van der Waals surface area (Å²) in [7, 11) is 1.12. The van der Waals surface area contributed by atoms with Gasteiger partial charge in [0, 0.05) is 12.0 Å². The fraction of sp³-hybridized carbons (Fsp3) is 0.417. The highest BCUT2D eigenvalue weighted by atomic mass is 19.4. The summed E-state index contributed by atoms with van der Waals surface area (Å²) in [5.41, 5.74) is -2.05. The monoisotopic (exact) mass is 282 g/mol. The Morgan fingerprint density at radius 2 is 1.95 bits per heavy atom. The zero-order valence-electron chi connectivity index (χ0n) is 9.93. The number of carbonyl (C=O) groups excluding carboxylic acids is 1. The first-order valence-corrected chi connectivity index (χ1v) is 5.30. The van der Waals surface area contributed by atoms with Crippen molar-refractivity contribution in [3.8, 4) is 0 Å². The predicted octanol–water partition coefficient (Wildman–Crippen LogP) is 3.75. The van der Waals surface area contributed by atoms with Crippen LogP contribution in [0.1, 0.15) is 29.5 Å². The third kappa shape index (κ3) is 4.18. The number of esters is 1. The first kappa shape index (κ1) is 15.4. The Hall–Kier alpha value is -1.66. The molecule has 0 heterocycles. The molecule has 0 N–H and O–H groups in total. The van der Waals surface area contributed by atoms with E-state index in [0.717, 1.165) is 19.2 Å². The van der Waals surface area contributed by atoms with Crippen LogP contribution in [-0.2, 0) is 22.1 Å². The van der Waals surface area contributed by atoms with Crippen molar-refractivity contribution in [2.24, 2.45) is 0 Å². The first-order valence-electron chi connectivity index (χ1n) is 5.30. The number of ether oxygens (including phenoxy) is 1. The highest BCUT2D eigenvalue weighted by Gasteiger charge is 2.34. The Kier molecular flexibility index (Phi) is 4.85. The molecule has 2 nitrogen and oxygen atoms in total. The third-order valence-corrected chi connectivity index (χ3v) is 2.52. The summed E-state index contributed by atoms with van der Waals surface area (Å²) in [5.74, 6) is -0.661. The van der Waals surface area contributed by atoms with Gasteiger partial charge in [0.05, 0.1) is 12.7 Å². The normalized spacial score (nSPS) is 11.7. The SMILES string of the molecule is COC(=O)CCc1ccc(C(F)F)cc1C(F)(F)F. The van der Waals surface area contributed by atoms with Gasteiger partial charge in [0.1, 0.15) is 0 Å². The molecule has 19 heavy (non-hydrogen) atoms. The summed E-state index contributed by atoms with van der Waals surface area (Å²) < 4.78 is 67.3. The van der Waals surface area contributed by atoms with E-state index in [0.29, 0.717) is 6.07 Å². The van der Waals surface area contributed by atoms with E-state index in [4.69, 9.17) is 0 Å². The quantitative estimate of drug-likeness (QED) is 0.621. The number of halogens is 5. The number of benzene rings is 1. The molecule has 0 saturated carbocycles. The molecule has 0 amide bonds. The van der Waals surface area contributed by atoms with Crippen molar-refractivity contribution < 1.29 is 31.5 Å². The van der Waals surface area contributed by atoms with Crippen molar-refractivity contribution in [3.05, 3.63) is 34.9 Å². The second kappa shape index (κ2) is 5.99. The summed E-state index contributed by atoms with van der Waals surface area (Å²) in [6, 6.07) is 2.30. The average Bonchev–Trinajstić information content (AvgIpc) is 2.34. The van der Waals surface area contributed by atoms with Gasteiger partial charge in [-0.2, -0.15) is 13.2 Å². The highest BCUT2D eigenvalue weighted by molar-refractivity contribution is 5.69. The first-order chi connectivity index (χ1) is 8.75. The van der Waals surface area contributed by atoms with E-state index in [9.17, 15) is 26.7 Å². The summed E-state index contributed by atoms with van der Waals surface area (Å²) in [4.78, 5) is 10.9. The summed E-state index contributed by atoms with van der Waals surface area (Å²) >= 11 is 0. The van der Waals surface area contributed by atoms with Gasteiger partial charge >= 0.3 is 12.1 Å². The lowest BCUT2D eigenvalue weighted by Gasteiger charge is -2.14. The van der Waals surface area contributed by atoms with E-state index in [1.165, 1.54) is 0 Å². The molecule has 0 unspecified atom stereocenters. The Morgan fingerprint density at radius 1 is 1.32 bits per heavy atom. The minimum atomic E-state index is -4.74. The van der Waals surface area contributed by atoms with Crippen LogP contribution < -0.4 is 0 Å². The molecule has 0 bridgehead atoms. The maximum absolute atomic E-state index is 12.7. The van der Waals surface area contributed by atoms with Crippen LogP contribution in [0.15, 0.2) is 18.2 Å². The van der Waals surface area contributed by atoms with Gasteiger partial charge in [-0.3, -0.25) is 4.79 Å². The predicted molar refractivity (Wildman–Crippen MR) is 56.7 cm³/mol. The number of aryl methyl sites for hydroxylation is 1. The van der Waals surface area contributed by atoms with Crippen LogP contribution >= 0.6 is 0 Å². The van der Waals surface area contributed by atoms with Crippen molar-refractivity contribution in [2.45, 2.75) is 25.4 Å². The van der Waals surface area contributed by atoms with Crippen LogP contribution in [0.3, 0.4) is 0 Å². The zero-order valence-corrected chi connectivity index (χ0v) is 9.93. The molecule has 0 aliphatic rings. The molecule has 7 heteroatoms. The summed E-state index contributed by atoms with van der Waals surface area (Å²) in [6.45, 7) is 0.